The number of aryl methyl sites for hydroxylation is 1. The summed E-state index contributed by atoms with van der Waals surface area (Å²) in [6, 6.07) is 29.2. The van der Waals surface area contributed by atoms with Crippen molar-refractivity contribution in [1.82, 2.24) is 0 Å². The average Bonchev–Trinajstić information content (AvgIpc) is 2.72. The molecule has 0 aromatic heterocycles. The molecule has 0 spiro atoms. The van der Waals surface area contributed by atoms with Crippen molar-refractivity contribution in [3.8, 4) is 0 Å². The number of carbonyl (C=O) groups excluding carboxylic acids is 1. The number of rotatable bonds is 4. The zero-order valence-electron chi connectivity index (χ0n) is 15.4. The molecule has 1 aliphatic heterocycles. The average molecular weight is 374 g/mol. The molecule has 1 heterocycles. The fraction of sp³-hybridized carbons (Fsp3) is 0.208. The van der Waals surface area contributed by atoms with Gasteiger partial charge in [0.15, 0.2) is 0 Å². The van der Waals surface area contributed by atoms with Gasteiger partial charge in [-0.3, -0.25) is 4.79 Å². The van der Waals surface area contributed by atoms with E-state index >= 15 is 0 Å². The molecule has 2 atom stereocenters. The second-order valence-electron chi connectivity index (χ2n) is 6.96. The molecule has 2 unspecified atom stereocenters. The van der Waals surface area contributed by atoms with Crippen LogP contribution in [0.3, 0.4) is 0 Å². The van der Waals surface area contributed by atoms with Gasteiger partial charge in [-0.25, -0.2) is 0 Å². The van der Waals surface area contributed by atoms with Crippen molar-refractivity contribution in [3.63, 3.8) is 0 Å². The lowest BCUT2D eigenvalue weighted by atomic mass is 9.93. The fourth-order valence-electron chi connectivity index (χ4n) is 3.69. The van der Waals surface area contributed by atoms with E-state index in [0.717, 1.165) is 12.1 Å². The number of amides is 1. The number of benzene rings is 3. The van der Waals surface area contributed by atoms with E-state index in [1.165, 1.54) is 16.0 Å². The van der Waals surface area contributed by atoms with Crippen LogP contribution in [0, 0.1) is 6.92 Å². The molecule has 0 aliphatic carbocycles. The summed E-state index contributed by atoms with van der Waals surface area (Å²) in [6.45, 7) is 2.11. The highest BCUT2D eigenvalue weighted by atomic mass is 32.2. The maximum atomic E-state index is 12.9. The molecule has 1 fully saturated rings. The Balaban J connectivity index is 1.73. The van der Waals surface area contributed by atoms with Crippen LogP contribution >= 0.6 is 11.8 Å². The van der Waals surface area contributed by atoms with E-state index in [9.17, 15) is 4.79 Å². The third kappa shape index (κ3) is 3.93. The molecule has 1 saturated heterocycles. The summed E-state index contributed by atoms with van der Waals surface area (Å²) in [4.78, 5) is 16.2. The minimum atomic E-state index is 0.0288. The second kappa shape index (κ2) is 8.01. The first-order valence-corrected chi connectivity index (χ1v) is 10.3. The largest absolute Gasteiger partial charge is 0.304 e. The number of nitrogens with zero attached hydrogens (tertiary/aromatic N) is 1. The monoisotopic (exact) mass is 373 g/mol. The standard InChI is InChI=1S/C24H23NOS/c1-18-12-14-21(15-13-18)27-22-16-17-23(26)25(20-10-6-3-7-11-20)24(22)19-8-4-2-5-9-19/h2-15,22,24H,16-17H2,1H3. The van der Waals surface area contributed by atoms with Crippen molar-refractivity contribution in [2.45, 2.75) is 36.0 Å². The van der Waals surface area contributed by atoms with Crippen LogP contribution in [0.4, 0.5) is 5.69 Å². The van der Waals surface area contributed by atoms with Crippen LogP contribution in [0.1, 0.15) is 30.0 Å². The molecule has 4 rings (SSSR count). The van der Waals surface area contributed by atoms with Crippen LogP contribution in [0.15, 0.2) is 89.8 Å². The van der Waals surface area contributed by atoms with Crippen molar-refractivity contribution in [2.75, 3.05) is 4.90 Å². The molecular formula is C24H23NOS. The van der Waals surface area contributed by atoms with E-state index in [2.05, 4.69) is 55.5 Å². The molecule has 0 radical (unpaired) electrons. The molecule has 27 heavy (non-hydrogen) atoms. The lowest BCUT2D eigenvalue weighted by molar-refractivity contribution is -0.120. The quantitative estimate of drug-likeness (QED) is 0.557. The minimum absolute atomic E-state index is 0.0288. The Morgan fingerprint density at radius 1 is 0.852 bits per heavy atom. The highest BCUT2D eigenvalue weighted by molar-refractivity contribution is 8.00. The number of thioether (sulfide) groups is 1. The molecule has 3 aromatic carbocycles. The third-order valence-electron chi connectivity index (χ3n) is 5.03. The van der Waals surface area contributed by atoms with Crippen molar-refractivity contribution in [2.24, 2.45) is 0 Å². The number of carbonyl (C=O) groups is 1. The molecule has 0 saturated carbocycles. The van der Waals surface area contributed by atoms with Crippen LogP contribution in [-0.2, 0) is 4.79 Å². The van der Waals surface area contributed by atoms with Gasteiger partial charge in [-0.15, -0.1) is 11.8 Å². The Kier molecular flexibility index (Phi) is 5.30. The van der Waals surface area contributed by atoms with Gasteiger partial charge in [-0.2, -0.15) is 0 Å². The van der Waals surface area contributed by atoms with Crippen molar-refractivity contribution in [3.05, 3.63) is 96.1 Å². The highest BCUT2D eigenvalue weighted by Crippen LogP contribution is 2.43. The van der Waals surface area contributed by atoms with Gasteiger partial charge in [0.25, 0.3) is 0 Å². The summed E-state index contributed by atoms with van der Waals surface area (Å²) in [7, 11) is 0. The predicted molar refractivity (Wildman–Crippen MR) is 113 cm³/mol. The summed E-state index contributed by atoms with van der Waals surface area (Å²) in [5.74, 6) is 0.204. The highest BCUT2D eigenvalue weighted by Gasteiger charge is 2.38. The van der Waals surface area contributed by atoms with Crippen molar-refractivity contribution >= 4 is 23.4 Å². The summed E-state index contributed by atoms with van der Waals surface area (Å²) in [5.41, 5.74) is 3.44. The zero-order chi connectivity index (χ0) is 18.6. The topological polar surface area (TPSA) is 20.3 Å². The third-order valence-corrected chi connectivity index (χ3v) is 6.37. The van der Waals surface area contributed by atoms with E-state index < -0.39 is 0 Å². The SMILES string of the molecule is Cc1ccc(SC2CCC(=O)N(c3ccccc3)C2c2ccccc2)cc1. The van der Waals surface area contributed by atoms with Crippen LogP contribution in [0.25, 0.3) is 0 Å². The molecule has 3 heteroatoms. The van der Waals surface area contributed by atoms with Crippen molar-refractivity contribution in [1.29, 1.82) is 0 Å². The number of para-hydroxylation sites is 1. The van der Waals surface area contributed by atoms with Crippen LogP contribution in [-0.4, -0.2) is 11.2 Å². The first-order chi connectivity index (χ1) is 13.2. The molecule has 1 aliphatic rings. The predicted octanol–water partition coefficient (Wildman–Crippen LogP) is 6.02. The molecule has 3 aromatic rings. The van der Waals surface area contributed by atoms with E-state index in [1.54, 1.807) is 0 Å². The van der Waals surface area contributed by atoms with E-state index in [4.69, 9.17) is 0 Å². The Hall–Kier alpha value is -2.52. The van der Waals surface area contributed by atoms with Crippen LogP contribution < -0.4 is 4.90 Å². The first kappa shape index (κ1) is 17.9. The number of anilines is 1. The molecule has 0 N–H and O–H groups in total. The van der Waals surface area contributed by atoms with Gasteiger partial charge in [0.1, 0.15) is 0 Å². The Labute approximate surface area is 165 Å². The smallest absolute Gasteiger partial charge is 0.227 e. The summed E-state index contributed by atoms with van der Waals surface area (Å²) in [6.07, 6.45) is 1.47. The van der Waals surface area contributed by atoms with E-state index in [1.807, 2.05) is 53.1 Å². The van der Waals surface area contributed by atoms with Gasteiger partial charge in [-0.05, 0) is 43.2 Å². The summed E-state index contributed by atoms with van der Waals surface area (Å²) < 4.78 is 0. The second-order valence-corrected chi connectivity index (χ2v) is 8.28. The maximum Gasteiger partial charge on any atom is 0.227 e. The first-order valence-electron chi connectivity index (χ1n) is 9.38. The summed E-state index contributed by atoms with van der Waals surface area (Å²) in [5, 5.41) is 0.313. The van der Waals surface area contributed by atoms with E-state index in [-0.39, 0.29) is 11.9 Å². The van der Waals surface area contributed by atoms with Gasteiger partial charge in [0.05, 0.1) is 6.04 Å². The summed E-state index contributed by atoms with van der Waals surface area (Å²) >= 11 is 1.88. The lowest BCUT2D eigenvalue weighted by Gasteiger charge is -2.41. The number of hydrogen-bond donors (Lipinski definition) is 0. The lowest BCUT2D eigenvalue weighted by Crippen LogP contribution is -2.44. The Bertz CT molecular complexity index is 893. The zero-order valence-corrected chi connectivity index (χ0v) is 16.2. The van der Waals surface area contributed by atoms with Gasteiger partial charge in [0, 0.05) is 22.3 Å². The van der Waals surface area contributed by atoms with E-state index in [0.29, 0.717) is 11.7 Å². The Morgan fingerprint density at radius 3 is 2.15 bits per heavy atom. The minimum Gasteiger partial charge on any atom is -0.304 e. The van der Waals surface area contributed by atoms with Gasteiger partial charge >= 0.3 is 0 Å². The molecule has 136 valence electrons. The van der Waals surface area contributed by atoms with Crippen LogP contribution in [0.2, 0.25) is 0 Å². The molecule has 0 bridgehead atoms. The normalized spacial score (nSPS) is 19.9. The maximum absolute atomic E-state index is 12.9. The number of hydrogen-bond acceptors (Lipinski definition) is 2. The van der Waals surface area contributed by atoms with Gasteiger partial charge in [0.2, 0.25) is 5.91 Å². The number of piperidine rings is 1. The van der Waals surface area contributed by atoms with Gasteiger partial charge < -0.3 is 4.90 Å². The Morgan fingerprint density at radius 2 is 1.48 bits per heavy atom. The molecule has 2 nitrogen and oxygen atoms in total. The fourth-order valence-corrected chi connectivity index (χ4v) is 4.97. The molecular weight excluding hydrogens is 350 g/mol. The molecule has 1 amide bonds. The van der Waals surface area contributed by atoms with Crippen LogP contribution in [0.5, 0.6) is 0 Å². The van der Waals surface area contributed by atoms with Crippen molar-refractivity contribution < 1.29 is 4.79 Å². The van der Waals surface area contributed by atoms with Gasteiger partial charge in [-0.1, -0.05) is 66.2 Å².